The maximum Gasteiger partial charge on any atom is 0.249 e. The summed E-state index contributed by atoms with van der Waals surface area (Å²) in [5.74, 6) is -0.380. The van der Waals surface area contributed by atoms with Crippen molar-refractivity contribution in [2.45, 2.75) is 18.9 Å². The fraction of sp³-hybridized carbons (Fsp3) is 0.300. The van der Waals surface area contributed by atoms with Crippen LogP contribution in [-0.2, 0) is 6.42 Å². The minimum absolute atomic E-state index is 0.0151. The van der Waals surface area contributed by atoms with E-state index in [4.69, 9.17) is 11.5 Å². The highest BCUT2D eigenvalue weighted by atomic mass is 16.1. The highest BCUT2D eigenvalue weighted by Crippen LogP contribution is 2.31. The van der Waals surface area contributed by atoms with Crippen molar-refractivity contribution in [3.05, 3.63) is 34.9 Å². The number of primary amides is 1. The molecule has 13 heavy (non-hydrogen) atoms. The van der Waals surface area contributed by atoms with Gasteiger partial charge in [-0.2, -0.15) is 0 Å². The summed E-state index contributed by atoms with van der Waals surface area (Å²) in [6, 6.07) is 5.59. The average molecular weight is 176 g/mol. The lowest BCUT2D eigenvalue weighted by atomic mass is 10.0. The Morgan fingerprint density at radius 1 is 1.46 bits per heavy atom. The van der Waals surface area contributed by atoms with Crippen LogP contribution in [0.15, 0.2) is 18.2 Å². The summed E-state index contributed by atoms with van der Waals surface area (Å²) in [6.07, 6.45) is 1.87. The normalized spacial score (nSPS) is 19.9. The number of amides is 1. The molecule has 1 aliphatic rings. The first-order valence-corrected chi connectivity index (χ1v) is 4.37. The third kappa shape index (κ3) is 1.21. The van der Waals surface area contributed by atoms with Crippen LogP contribution in [0, 0.1) is 0 Å². The van der Waals surface area contributed by atoms with Crippen LogP contribution in [-0.4, -0.2) is 5.91 Å². The van der Waals surface area contributed by atoms with E-state index in [0.29, 0.717) is 5.56 Å². The molecule has 4 N–H and O–H groups in total. The van der Waals surface area contributed by atoms with E-state index in [1.165, 1.54) is 5.56 Å². The van der Waals surface area contributed by atoms with Crippen molar-refractivity contribution < 1.29 is 4.79 Å². The molecule has 2 rings (SSSR count). The summed E-state index contributed by atoms with van der Waals surface area (Å²) in [6.45, 7) is 0. The van der Waals surface area contributed by atoms with Crippen molar-refractivity contribution in [3.63, 3.8) is 0 Å². The van der Waals surface area contributed by atoms with Gasteiger partial charge in [-0.25, -0.2) is 0 Å². The molecule has 0 spiro atoms. The van der Waals surface area contributed by atoms with Crippen molar-refractivity contribution in [2.75, 3.05) is 0 Å². The molecule has 1 atom stereocenters. The molecule has 3 heteroatoms. The molecule has 0 aromatic heterocycles. The van der Waals surface area contributed by atoms with Gasteiger partial charge in [0, 0.05) is 11.6 Å². The molecule has 1 aliphatic carbocycles. The standard InChI is InChI=1S/C10H12N2O/c11-8-5-4-6-2-1-3-7(9(6)8)10(12)13/h1-3,8H,4-5,11H2,(H2,12,13)/t8-/m1/s1. The Bertz CT molecular complexity index is 360. The Hall–Kier alpha value is -1.35. The molecule has 0 heterocycles. The summed E-state index contributed by atoms with van der Waals surface area (Å²) < 4.78 is 0. The summed E-state index contributed by atoms with van der Waals surface area (Å²) in [5, 5.41) is 0. The largest absolute Gasteiger partial charge is 0.366 e. The van der Waals surface area contributed by atoms with Crippen LogP contribution in [0.3, 0.4) is 0 Å². The van der Waals surface area contributed by atoms with Gasteiger partial charge in [0.2, 0.25) is 5.91 Å². The van der Waals surface area contributed by atoms with Gasteiger partial charge in [0.15, 0.2) is 0 Å². The lowest BCUT2D eigenvalue weighted by molar-refractivity contribution is 0.0999. The molecule has 1 amide bonds. The molecule has 3 nitrogen and oxygen atoms in total. The highest BCUT2D eigenvalue weighted by molar-refractivity contribution is 5.95. The van der Waals surface area contributed by atoms with E-state index in [2.05, 4.69) is 0 Å². The van der Waals surface area contributed by atoms with Crippen molar-refractivity contribution in [1.29, 1.82) is 0 Å². The van der Waals surface area contributed by atoms with Crippen molar-refractivity contribution >= 4 is 5.91 Å². The van der Waals surface area contributed by atoms with E-state index < -0.39 is 0 Å². The van der Waals surface area contributed by atoms with Gasteiger partial charge in [0.1, 0.15) is 0 Å². The molecule has 0 aliphatic heterocycles. The number of fused-ring (bicyclic) bond motifs is 1. The predicted molar refractivity (Wildman–Crippen MR) is 50.2 cm³/mol. The maximum atomic E-state index is 11.1. The lowest BCUT2D eigenvalue weighted by Crippen LogP contribution is -2.17. The number of aryl methyl sites for hydroxylation is 1. The zero-order valence-corrected chi connectivity index (χ0v) is 7.29. The zero-order chi connectivity index (χ0) is 9.42. The molecule has 0 radical (unpaired) electrons. The second kappa shape index (κ2) is 2.85. The van der Waals surface area contributed by atoms with E-state index in [-0.39, 0.29) is 11.9 Å². The predicted octanol–water partition coefficient (Wildman–Crippen LogP) is 0.732. The summed E-state index contributed by atoms with van der Waals surface area (Å²) in [7, 11) is 0. The number of carbonyl (C=O) groups excluding carboxylic acids is 1. The molecular weight excluding hydrogens is 164 g/mol. The molecule has 0 bridgehead atoms. The first-order valence-electron chi connectivity index (χ1n) is 4.37. The molecule has 0 saturated heterocycles. The summed E-state index contributed by atoms with van der Waals surface area (Å²) in [4.78, 5) is 11.1. The highest BCUT2D eigenvalue weighted by Gasteiger charge is 2.23. The Kier molecular flexibility index (Phi) is 1.81. The molecule has 1 aromatic rings. The quantitative estimate of drug-likeness (QED) is 0.662. The minimum Gasteiger partial charge on any atom is -0.366 e. The number of rotatable bonds is 1. The Morgan fingerprint density at radius 2 is 2.23 bits per heavy atom. The van der Waals surface area contributed by atoms with Gasteiger partial charge in [0.25, 0.3) is 0 Å². The number of hydrogen-bond donors (Lipinski definition) is 2. The third-order valence-corrected chi connectivity index (χ3v) is 2.56. The Morgan fingerprint density at radius 3 is 2.92 bits per heavy atom. The van der Waals surface area contributed by atoms with Crippen molar-refractivity contribution in [3.8, 4) is 0 Å². The monoisotopic (exact) mass is 176 g/mol. The summed E-state index contributed by atoms with van der Waals surface area (Å²) >= 11 is 0. The summed E-state index contributed by atoms with van der Waals surface area (Å²) in [5.41, 5.74) is 13.8. The molecule has 1 aromatic carbocycles. The minimum atomic E-state index is -0.380. The first kappa shape index (κ1) is 8.26. The maximum absolute atomic E-state index is 11.1. The van der Waals surface area contributed by atoms with Gasteiger partial charge in [-0.15, -0.1) is 0 Å². The zero-order valence-electron chi connectivity index (χ0n) is 7.29. The van der Waals surface area contributed by atoms with E-state index >= 15 is 0 Å². The van der Waals surface area contributed by atoms with Crippen LogP contribution in [0.25, 0.3) is 0 Å². The first-order chi connectivity index (χ1) is 6.20. The van der Waals surface area contributed by atoms with Gasteiger partial charge in [-0.3, -0.25) is 4.79 Å². The smallest absolute Gasteiger partial charge is 0.249 e. The fourth-order valence-corrected chi connectivity index (χ4v) is 1.94. The van der Waals surface area contributed by atoms with Crippen LogP contribution < -0.4 is 11.5 Å². The van der Waals surface area contributed by atoms with Crippen LogP contribution in [0.5, 0.6) is 0 Å². The number of carbonyl (C=O) groups is 1. The molecule has 0 unspecified atom stereocenters. The number of nitrogens with two attached hydrogens (primary N) is 2. The fourth-order valence-electron chi connectivity index (χ4n) is 1.94. The number of hydrogen-bond acceptors (Lipinski definition) is 2. The van der Waals surface area contributed by atoms with Crippen LogP contribution >= 0.6 is 0 Å². The lowest BCUT2D eigenvalue weighted by Gasteiger charge is -2.08. The van der Waals surface area contributed by atoms with Gasteiger partial charge < -0.3 is 11.5 Å². The van der Waals surface area contributed by atoms with E-state index in [1.54, 1.807) is 6.07 Å². The molecule has 68 valence electrons. The average Bonchev–Trinajstić information content (AvgIpc) is 2.48. The molecule has 0 saturated carbocycles. The SMILES string of the molecule is NC(=O)c1cccc2c1[C@H](N)CC2. The third-order valence-electron chi connectivity index (χ3n) is 2.56. The molecule has 0 fully saturated rings. The molecular formula is C10H12N2O. The second-order valence-electron chi connectivity index (χ2n) is 3.39. The number of benzene rings is 1. The van der Waals surface area contributed by atoms with Gasteiger partial charge in [0.05, 0.1) is 0 Å². The van der Waals surface area contributed by atoms with Gasteiger partial charge in [-0.05, 0) is 30.0 Å². The topological polar surface area (TPSA) is 69.1 Å². The van der Waals surface area contributed by atoms with Crippen LogP contribution in [0.1, 0.15) is 33.9 Å². The van der Waals surface area contributed by atoms with E-state index in [9.17, 15) is 4.79 Å². The van der Waals surface area contributed by atoms with Gasteiger partial charge >= 0.3 is 0 Å². The Labute approximate surface area is 76.7 Å². The van der Waals surface area contributed by atoms with Crippen molar-refractivity contribution in [2.24, 2.45) is 11.5 Å². The Balaban J connectivity index is 2.60. The van der Waals surface area contributed by atoms with Crippen LogP contribution in [0.4, 0.5) is 0 Å². The van der Waals surface area contributed by atoms with E-state index in [0.717, 1.165) is 18.4 Å². The van der Waals surface area contributed by atoms with E-state index in [1.807, 2.05) is 12.1 Å². The second-order valence-corrected chi connectivity index (χ2v) is 3.39. The van der Waals surface area contributed by atoms with Crippen LogP contribution in [0.2, 0.25) is 0 Å². The van der Waals surface area contributed by atoms with Gasteiger partial charge in [-0.1, -0.05) is 12.1 Å². The van der Waals surface area contributed by atoms with Crippen molar-refractivity contribution in [1.82, 2.24) is 0 Å².